The molecular weight excluding hydrogens is 384 g/mol. The average molecular weight is 404 g/mol. The number of urea groups is 1. The molecule has 0 spiro atoms. The molecule has 1 aromatic heterocycles. The maximum Gasteiger partial charge on any atom is 0.329 e. The van der Waals surface area contributed by atoms with Crippen LogP contribution in [0.5, 0.6) is 0 Å². The molecule has 1 aliphatic heterocycles. The summed E-state index contributed by atoms with van der Waals surface area (Å²) in [5, 5.41) is 14.5. The first-order valence-corrected chi connectivity index (χ1v) is 9.63. The molecule has 1 aliphatic rings. The second kappa shape index (κ2) is 7.82. The first-order valence-electron chi connectivity index (χ1n) is 9.63. The second-order valence-corrected chi connectivity index (χ2v) is 7.10. The molecule has 0 radical (unpaired) electrons. The van der Waals surface area contributed by atoms with Gasteiger partial charge in [0, 0.05) is 47.9 Å². The molecule has 2 heterocycles. The minimum Gasteiger partial charge on any atom is -0.342 e. The number of amides is 3. The van der Waals surface area contributed by atoms with Gasteiger partial charge in [0.25, 0.3) is 11.6 Å². The topological polar surface area (TPSA) is 97.5 Å². The molecule has 1 N–H and O–H groups in total. The number of nitrogens with zero attached hydrogens (tertiary/aromatic N) is 3. The Hall–Kier alpha value is -3.94. The van der Waals surface area contributed by atoms with E-state index < -0.39 is 11.0 Å². The zero-order chi connectivity index (χ0) is 21.3. The molecule has 1 saturated heterocycles. The van der Waals surface area contributed by atoms with Crippen LogP contribution in [0.15, 0.2) is 60.4 Å². The Balaban J connectivity index is 1.68. The van der Waals surface area contributed by atoms with E-state index in [0.717, 1.165) is 22.0 Å². The summed E-state index contributed by atoms with van der Waals surface area (Å²) in [6, 6.07) is 13.8. The van der Waals surface area contributed by atoms with Crippen molar-refractivity contribution in [2.24, 2.45) is 0 Å². The summed E-state index contributed by atoms with van der Waals surface area (Å²) in [7, 11) is 0. The number of carbonyl (C=O) groups excluding carboxylic acids is 2. The molecule has 0 bridgehead atoms. The van der Waals surface area contributed by atoms with Gasteiger partial charge < -0.3 is 9.88 Å². The number of hydrogen-bond donors (Lipinski definition) is 1. The second-order valence-electron chi connectivity index (χ2n) is 7.10. The van der Waals surface area contributed by atoms with E-state index >= 15 is 0 Å². The van der Waals surface area contributed by atoms with Gasteiger partial charge in [0.2, 0.25) is 0 Å². The molecule has 0 saturated carbocycles. The summed E-state index contributed by atoms with van der Waals surface area (Å²) in [5.74, 6) is -0.325. The minimum absolute atomic E-state index is 0.0497. The van der Waals surface area contributed by atoms with E-state index in [1.54, 1.807) is 18.2 Å². The standard InChI is InChI=1S/C22H20N4O4/c1-2-11-25-21(27)19(23-22(25)28)12-16-14-24(20-6-4-3-5-18(16)20)13-15-7-9-17(10-8-15)26(29)30/h3-10,12,14H,2,11,13H2,1H3,(H,23,28)/b19-12+. The lowest BCUT2D eigenvalue weighted by molar-refractivity contribution is -0.384. The quantitative estimate of drug-likeness (QED) is 0.292. The third-order valence-electron chi connectivity index (χ3n) is 5.03. The van der Waals surface area contributed by atoms with Crippen LogP contribution in [0.25, 0.3) is 17.0 Å². The van der Waals surface area contributed by atoms with Crippen molar-refractivity contribution in [1.29, 1.82) is 0 Å². The van der Waals surface area contributed by atoms with E-state index in [9.17, 15) is 19.7 Å². The predicted molar refractivity (Wildman–Crippen MR) is 113 cm³/mol. The molecule has 1 fully saturated rings. The van der Waals surface area contributed by atoms with Gasteiger partial charge in [-0.25, -0.2) is 4.79 Å². The molecular formula is C22H20N4O4. The molecule has 8 heteroatoms. The molecule has 4 rings (SSSR count). The Morgan fingerprint density at radius 1 is 1.10 bits per heavy atom. The van der Waals surface area contributed by atoms with Gasteiger partial charge in [-0.3, -0.25) is 19.8 Å². The van der Waals surface area contributed by atoms with Gasteiger partial charge in [0.15, 0.2) is 0 Å². The molecule has 30 heavy (non-hydrogen) atoms. The average Bonchev–Trinajstić information content (AvgIpc) is 3.21. The molecule has 3 amide bonds. The number of aromatic nitrogens is 1. The van der Waals surface area contributed by atoms with E-state index in [1.807, 2.05) is 42.0 Å². The van der Waals surface area contributed by atoms with Crippen molar-refractivity contribution in [3.8, 4) is 0 Å². The van der Waals surface area contributed by atoms with Crippen LogP contribution >= 0.6 is 0 Å². The number of fused-ring (bicyclic) bond motifs is 1. The van der Waals surface area contributed by atoms with Crippen LogP contribution in [0, 0.1) is 10.1 Å². The monoisotopic (exact) mass is 404 g/mol. The van der Waals surface area contributed by atoms with E-state index in [2.05, 4.69) is 5.32 Å². The van der Waals surface area contributed by atoms with Crippen molar-refractivity contribution in [2.75, 3.05) is 6.54 Å². The smallest absolute Gasteiger partial charge is 0.329 e. The largest absolute Gasteiger partial charge is 0.342 e. The fourth-order valence-corrected chi connectivity index (χ4v) is 3.59. The van der Waals surface area contributed by atoms with Gasteiger partial charge in [0.05, 0.1) is 4.92 Å². The number of imide groups is 1. The van der Waals surface area contributed by atoms with Gasteiger partial charge in [-0.2, -0.15) is 0 Å². The number of benzene rings is 2. The Bertz CT molecular complexity index is 1180. The molecule has 0 aliphatic carbocycles. The number of nitrogens with one attached hydrogen (secondary N) is 1. The van der Waals surface area contributed by atoms with Crippen LogP contribution in [0.2, 0.25) is 0 Å². The number of hydrogen-bond acceptors (Lipinski definition) is 4. The van der Waals surface area contributed by atoms with Crippen molar-refractivity contribution in [1.82, 2.24) is 14.8 Å². The number of non-ortho nitro benzene ring substituents is 1. The zero-order valence-corrected chi connectivity index (χ0v) is 16.4. The van der Waals surface area contributed by atoms with Gasteiger partial charge >= 0.3 is 6.03 Å². The van der Waals surface area contributed by atoms with E-state index in [1.165, 1.54) is 17.0 Å². The maximum atomic E-state index is 12.5. The van der Waals surface area contributed by atoms with Gasteiger partial charge in [-0.1, -0.05) is 37.3 Å². The van der Waals surface area contributed by atoms with E-state index in [0.29, 0.717) is 19.5 Å². The lowest BCUT2D eigenvalue weighted by Crippen LogP contribution is -2.31. The van der Waals surface area contributed by atoms with E-state index in [4.69, 9.17) is 0 Å². The first kappa shape index (κ1) is 19.4. The number of carbonyl (C=O) groups is 2. The van der Waals surface area contributed by atoms with Crippen molar-refractivity contribution in [2.45, 2.75) is 19.9 Å². The third-order valence-corrected chi connectivity index (χ3v) is 5.03. The summed E-state index contributed by atoms with van der Waals surface area (Å²) in [6.45, 7) is 2.81. The fraction of sp³-hybridized carbons (Fsp3) is 0.182. The summed E-state index contributed by atoms with van der Waals surface area (Å²) < 4.78 is 2.02. The Kier molecular flexibility index (Phi) is 5.05. The third kappa shape index (κ3) is 3.55. The Morgan fingerprint density at radius 3 is 2.53 bits per heavy atom. The number of para-hydroxylation sites is 1. The van der Waals surface area contributed by atoms with Crippen molar-refractivity contribution >= 4 is 34.6 Å². The van der Waals surface area contributed by atoms with Gasteiger partial charge in [-0.15, -0.1) is 0 Å². The number of rotatable bonds is 6. The highest BCUT2D eigenvalue weighted by molar-refractivity contribution is 6.14. The molecule has 152 valence electrons. The minimum atomic E-state index is -0.423. The van der Waals surface area contributed by atoms with Crippen molar-refractivity contribution in [3.63, 3.8) is 0 Å². The molecule has 8 nitrogen and oxygen atoms in total. The van der Waals surface area contributed by atoms with Crippen LogP contribution in [0.3, 0.4) is 0 Å². The van der Waals surface area contributed by atoms with Crippen LogP contribution < -0.4 is 5.32 Å². The molecule has 0 atom stereocenters. The highest BCUT2D eigenvalue weighted by Gasteiger charge is 2.32. The highest BCUT2D eigenvalue weighted by Crippen LogP contribution is 2.26. The van der Waals surface area contributed by atoms with Crippen LogP contribution in [-0.4, -0.2) is 32.9 Å². The summed E-state index contributed by atoms with van der Waals surface area (Å²) in [4.78, 5) is 36.3. The molecule has 0 unspecified atom stereocenters. The lowest BCUT2D eigenvalue weighted by atomic mass is 10.1. The van der Waals surface area contributed by atoms with Crippen molar-refractivity contribution < 1.29 is 14.5 Å². The fourth-order valence-electron chi connectivity index (χ4n) is 3.59. The normalized spacial score (nSPS) is 15.2. The summed E-state index contributed by atoms with van der Waals surface area (Å²) in [6.07, 6.45) is 4.31. The van der Waals surface area contributed by atoms with Gasteiger partial charge in [-0.05, 0) is 24.1 Å². The highest BCUT2D eigenvalue weighted by atomic mass is 16.6. The van der Waals surface area contributed by atoms with Crippen LogP contribution in [0.1, 0.15) is 24.5 Å². The van der Waals surface area contributed by atoms with E-state index in [-0.39, 0.29) is 17.3 Å². The summed E-state index contributed by atoms with van der Waals surface area (Å²) in [5.41, 5.74) is 3.00. The molecule has 3 aromatic rings. The Labute approximate surface area is 172 Å². The predicted octanol–water partition coefficient (Wildman–Crippen LogP) is 3.90. The number of nitro benzene ring substituents is 1. The van der Waals surface area contributed by atoms with Crippen LogP contribution in [-0.2, 0) is 11.3 Å². The number of nitro groups is 1. The molecule has 2 aromatic carbocycles. The lowest BCUT2D eigenvalue weighted by Gasteiger charge is -2.08. The SMILES string of the molecule is CCCN1C(=O)N/C(=C/c2cn(Cc3ccc([N+](=O)[O-])cc3)c3ccccc23)C1=O. The maximum absolute atomic E-state index is 12.5. The van der Waals surface area contributed by atoms with Crippen molar-refractivity contribution in [3.05, 3.63) is 81.7 Å². The van der Waals surface area contributed by atoms with Crippen LogP contribution in [0.4, 0.5) is 10.5 Å². The van der Waals surface area contributed by atoms with Gasteiger partial charge in [0.1, 0.15) is 5.70 Å². The Morgan fingerprint density at radius 2 is 1.83 bits per heavy atom. The first-order chi connectivity index (χ1) is 14.5. The summed E-state index contributed by atoms with van der Waals surface area (Å²) >= 11 is 0. The zero-order valence-electron chi connectivity index (χ0n) is 16.4.